The Morgan fingerprint density at radius 3 is 2.81 bits per heavy atom. The van der Waals surface area contributed by atoms with Crippen LogP contribution in [0.5, 0.6) is 0 Å². The number of benzene rings is 1. The van der Waals surface area contributed by atoms with Gasteiger partial charge in [0.15, 0.2) is 0 Å². The van der Waals surface area contributed by atoms with Crippen LogP contribution >= 0.6 is 0 Å². The van der Waals surface area contributed by atoms with Gasteiger partial charge in [-0.25, -0.2) is 4.39 Å². The van der Waals surface area contributed by atoms with Gasteiger partial charge in [-0.3, -0.25) is 4.79 Å². The monoisotopic (exact) mass is 217 g/mol. The summed E-state index contributed by atoms with van der Waals surface area (Å²) in [7, 11) is 0. The first-order valence-electron chi connectivity index (χ1n) is 5.19. The van der Waals surface area contributed by atoms with E-state index in [1.54, 1.807) is 12.1 Å². The first-order valence-corrected chi connectivity index (χ1v) is 5.19. The number of terminal acetylenes is 1. The Morgan fingerprint density at radius 1 is 1.50 bits per heavy atom. The molecule has 1 fully saturated rings. The number of carbonyl (C=O) groups excluding carboxylic acids is 1. The largest absolute Gasteiger partial charge is 0.345 e. The number of hydrogen-bond donors (Lipinski definition) is 1. The fraction of sp³-hybridized carbons (Fsp3) is 0.308. The van der Waals surface area contributed by atoms with E-state index in [0.29, 0.717) is 0 Å². The van der Waals surface area contributed by atoms with Crippen molar-refractivity contribution in [1.82, 2.24) is 5.32 Å². The number of amides is 1. The fourth-order valence-corrected chi connectivity index (χ4v) is 1.83. The normalized spacial score (nSPS) is 22.2. The summed E-state index contributed by atoms with van der Waals surface area (Å²) in [5.74, 6) is 2.32. The zero-order chi connectivity index (χ0) is 11.5. The van der Waals surface area contributed by atoms with E-state index in [9.17, 15) is 9.18 Å². The van der Waals surface area contributed by atoms with Crippen LogP contribution in [0.25, 0.3) is 0 Å². The Morgan fingerprint density at radius 2 is 2.19 bits per heavy atom. The molecule has 3 heteroatoms. The second-order valence-corrected chi connectivity index (χ2v) is 3.92. The molecule has 2 nitrogen and oxygen atoms in total. The second-order valence-electron chi connectivity index (χ2n) is 3.92. The predicted molar refractivity (Wildman–Crippen MR) is 59.1 cm³/mol. The number of halogens is 1. The molecule has 1 aromatic rings. The lowest BCUT2D eigenvalue weighted by atomic mass is 10.1. The molecule has 1 saturated carbocycles. The SMILES string of the molecule is C#CCNC(=O)[C@H]1C[C@@H]1c1ccc(F)cc1. The van der Waals surface area contributed by atoms with Crippen LogP contribution < -0.4 is 5.32 Å². The highest BCUT2D eigenvalue weighted by atomic mass is 19.1. The summed E-state index contributed by atoms with van der Waals surface area (Å²) in [5, 5.41) is 2.66. The number of nitrogens with one attached hydrogen (secondary N) is 1. The summed E-state index contributed by atoms with van der Waals surface area (Å²) in [4.78, 5) is 11.5. The lowest BCUT2D eigenvalue weighted by molar-refractivity contribution is -0.122. The maximum atomic E-state index is 12.7. The highest BCUT2D eigenvalue weighted by Crippen LogP contribution is 2.47. The van der Waals surface area contributed by atoms with Crippen LogP contribution in [0, 0.1) is 24.1 Å². The Labute approximate surface area is 93.9 Å². The van der Waals surface area contributed by atoms with Gasteiger partial charge in [-0.2, -0.15) is 0 Å². The van der Waals surface area contributed by atoms with Crippen LogP contribution in [-0.2, 0) is 4.79 Å². The molecule has 0 heterocycles. The third kappa shape index (κ3) is 2.22. The van der Waals surface area contributed by atoms with Crippen molar-refractivity contribution in [2.24, 2.45) is 5.92 Å². The van der Waals surface area contributed by atoms with Crippen LogP contribution in [0.4, 0.5) is 4.39 Å². The topological polar surface area (TPSA) is 29.1 Å². The van der Waals surface area contributed by atoms with Crippen LogP contribution in [-0.4, -0.2) is 12.5 Å². The molecule has 0 spiro atoms. The molecule has 1 aromatic carbocycles. The number of hydrogen-bond acceptors (Lipinski definition) is 1. The standard InChI is InChI=1S/C13H12FNO/c1-2-7-15-13(16)12-8-11(12)9-3-5-10(14)6-4-9/h1,3-6,11-12H,7-8H2,(H,15,16)/t11-,12+/m1/s1. The van der Waals surface area contributed by atoms with Crippen molar-refractivity contribution >= 4 is 5.91 Å². The zero-order valence-electron chi connectivity index (χ0n) is 8.74. The Bertz CT molecular complexity index is 432. The minimum atomic E-state index is -0.252. The molecular formula is C13H12FNO. The maximum Gasteiger partial charge on any atom is 0.224 e. The van der Waals surface area contributed by atoms with Crippen LogP contribution in [0.2, 0.25) is 0 Å². The summed E-state index contributed by atoms with van der Waals surface area (Å²) >= 11 is 0. The van der Waals surface area contributed by atoms with Crippen molar-refractivity contribution in [3.63, 3.8) is 0 Å². The predicted octanol–water partition coefficient (Wildman–Crippen LogP) is 1.68. The van der Waals surface area contributed by atoms with Crippen molar-refractivity contribution < 1.29 is 9.18 Å². The molecule has 1 amide bonds. The highest BCUT2D eigenvalue weighted by molar-refractivity contribution is 5.83. The molecule has 0 saturated heterocycles. The minimum Gasteiger partial charge on any atom is -0.345 e. The molecule has 2 atom stereocenters. The molecule has 0 aliphatic heterocycles. The van der Waals surface area contributed by atoms with Crippen LogP contribution in [0.15, 0.2) is 24.3 Å². The van der Waals surface area contributed by atoms with Crippen molar-refractivity contribution in [2.75, 3.05) is 6.54 Å². The lowest BCUT2D eigenvalue weighted by Gasteiger charge is -2.01. The first-order chi connectivity index (χ1) is 7.72. The maximum absolute atomic E-state index is 12.7. The average Bonchev–Trinajstić information content (AvgIpc) is 3.07. The fourth-order valence-electron chi connectivity index (χ4n) is 1.83. The third-order valence-corrected chi connectivity index (χ3v) is 2.79. The second kappa shape index (κ2) is 4.36. The molecule has 1 N–H and O–H groups in total. The smallest absolute Gasteiger partial charge is 0.224 e. The average molecular weight is 217 g/mol. The summed E-state index contributed by atoms with van der Waals surface area (Å²) in [6.07, 6.45) is 5.87. The van der Waals surface area contributed by atoms with Crippen molar-refractivity contribution in [3.8, 4) is 12.3 Å². The summed E-state index contributed by atoms with van der Waals surface area (Å²) < 4.78 is 12.7. The van der Waals surface area contributed by atoms with E-state index in [1.807, 2.05) is 0 Å². The molecule has 16 heavy (non-hydrogen) atoms. The quantitative estimate of drug-likeness (QED) is 0.767. The third-order valence-electron chi connectivity index (χ3n) is 2.79. The Kier molecular flexibility index (Phi) is 2.91. The van der Waals surface area contributed by atoms with Gasteiger partial charge in [-0.1, -0.05) is 18.1 Å². The molecule has 0 aromatic heterocycles. The van der Waals surface area contributed by atoms with Gasteiger partial charge in [-0.05, 0) is 30.0 Å². The summed E-state index contributed by atoms with van der Waals surface area (Å²) in [6.45, 7) is 0.269. The molecule has 0 bridgehead atoms. The zero-order valence-corrected chi connectivity index (χ0v) is 8.74. The lowest BCUT2D eigenvalue weighted by Crippen LogP contribution is -2.25. The van der Waals surface area contributed by atoms with Crippen molar-refractivity contribution in [3.05, 3.63) is 35.6 Å². The Hall–Kier alpha value is -1.82. The number of carbonyl (C=O) groups is 1. The van der Waals surface area contributed by atoms with Crippen molar-refractivity contribution in [1.29, 1.82) is 0 Å². The van der Waals surface area contributed by atoms with Gasteiger partial charge in [0.05, 0.1) is 6.54 Å². The van der Waals surface area contributed by atoms with E-state index >= 15 is 0 Å². The van der Waals surface area contributed by atoms with Gasteiger partial charge in [0.2, 0.25) is 5.91 Å². The number of rotatable bonds is 3. The molecular weight excluding hydrogens is 205 g/mol. The summed E-state index contributed by atoms with van der Waals surface area (Å²) in [5.41, 5.74) is 1.02. The van der Waals surface area contributed by atoms with E-state index in [2.05, 4.69) is 11.2 Å². The molecule has 82 valence electrons. The van der Waals surface area contributed by atoms with E-state index < -0.39 is 0 Å². The van der Waals surface area contributed by atoms with Crippen LogP contribution in [0.3, 0.4) is 0 Å². The molecule has 1 aliphatic carbocycles. The first kappa shape index (κ1) is 10.7. The molecule has 1 aliphatic rings. The molecule has 2 rings (SSSR count). The van der Waals surface area contributed by atoms with E-state index in [0.717, 1.165) is 12.0 Å². The van der Waals surface area contributed by atoms with Crippen LogP contribution in [0.1, 0.15) is 17.9 Å². The van der Waals surface area contributed by atoms with Gasteiger partial charge < -0.3 is 5.32 Å². The van der Waals surface area contributed by atoms with E-state index in [4.69, 9.17) is 6.42 Å². The van der Waals surface area contributed by atoms with Crippen molar-refractivity contribution in [2.45, 2.75) is 12.3 Å². The van der Waals surface area contributed by atoms with Gasteiger partial charge in [0, 0.05) is 5.92 Å². The van der Waals surface area contributed by atoms with E-state index in [-0.39, 0.29) is 30.1 Å². The molecule has 0 radical (unpaired) electrons. The molecule has 0 unspecified atom stereocenters. The van der Waals surface area contributed by atoms with Gasteiger partial charge in [-0.15, -0.1) is 6.42 Å². The van der Waals surface area contributed by atoms with Gasteiger partial charge >= 0.3 is 0 Å². The Balaban J connectivity index is 1.94. The van der Waals surface area contributed by atoms with Gasteiger partial charge in [0.25, 0.3) is 0 Å². The van der Waals surface area contributed by atoms with Gasteiger partial charge in [0.1, 0.15) is 5.82 Å². The van der Waals surface area contributed by atoms with E-state index in [1.165, 1.54) is 12.1 Å². The summed E-state index contributed by atoms with van der Waals surface area (Å²) in [6, 6.07) is 6.30. The highest BCUT2D eigenvalue weighted by Gasteiger charge is 2.43. The minimum absolute atomic E-state index is 0.00110.